The van der Waals surface area contributed by atoms with Gasteiger partial charge in [-0.1, -0.05) is 181 Å². The number of hydrogen-bond donors (Lipinski definition) is 0. The Morgan fingerprint density at radius 1 is 0.258 bits per heavy atom. The van der Waals surface area contributed by atoms with E-state index >= 15 is 0 Å². The van der Waals surface area contributed by atoms with Crippen LogP contribution in [0.1, 0.15) is 181 Å². The molecule has 0 aromatic carbocycles. The van der Waals surface area contributed by atoms with Crippen molar-refractivity contribution in [3.05, 3.63) is 29.7 Å². The third kappa shape index (κ3) is 53300. The minimum atomic E-state index is 0. The molecule has 0 bridgehead atoms. The van der Waals surface area contributed by atoms with Crippen LogP contribution in [0.3, 0.4) is 0 Å². The van der Waals surface area contributed by atoms with Crippen LogP contribution in [0.4, 0.5) is 0 Å². The van der Waals surface area contributed by atoms with Gasteiger partial charge in [-0.25, -0.2) is 0 Å². The van der Waals surface area contributed by atoms with Crippen molar-refractivity contribution in [1.82, 2.24) is 0 Å². The van der Waals surface area contributed by atoms with Crippen LogP contribution in [0.2, 0.25) is 0 Å². The molecule has 1 heteroatoms. The minimum absolute atomic E-state index is 0. The minimum Gasteiger partial charge on any atom is -0.358 e. The first-order valence-corrected chi connectivity index (χ1v) is 9.66. The molecule has 0 aliphatic carbocycles. The molecule has 0 spiro atoms. The maximum absolute atomic E-state index is 2.12. The summed E-state index contributed by atoms with van der Waals surface area (Å²) in [6.45, 7) is 33.0. The standard InChI is InChI=1S/4C3H8.4C2H6.6CH4.4CH3.Pt/c4*1-3-2;4*1-2;;;;;;;;;;;/h4*3H2,1-2H3;4*1-2H3;6*1H4;4*1H3;/q;;;;;;;;;;;;;;4*-1;+4. The molecule has 0 aliphatic heterocycles. The second-order valence-corrected chi connectivity index (χ2v) is 2.83. The predicted octanol–water partition coefficient (Wildman–Crippen LogP) is 15.4. The normalized spacial score (nSPS) is 3.10. The van der Waals surface area contributed by atoms with Gasteiger partial charge in [0.15, 0.2) is 0 Å². The van der Waals surface area contributed by atoms with Crippen molar-refractivity contribution in [2.45, 2.75) is 181 Å². The van der Waals surface area contributed by atoms with Gasteiger partial charge in [0, 0.05) is 0 Å². The molecule has 0 aliphatic rings. The fourth-order valence-electron chi connectivity index (χ4n) is 0. The first-order chi connectivity index (χ1) is 9.66. The fourth-order valence-corrected chi connectivity index (χ4v) is 0. The van der Waals surface area contributed by atoms with Crippen LogP contribution in [0.25, 0.3) is 0 Å². The zero-order valence-electron chi connectivity index (χ0n) is 23.1. The Balaban J connectivity index is -0.00000000299. The van der Waals surface area contributed by atoms with Crippen LogP contribution in [0, 0.1) is 29.7 Å². The van der Waals surface area contributed by atoms with Crippen LogP contribution in [-0.2, 0) is 21.1 Å². The summed E-state index contributed by atoms with van der Waals surface area (Å²) in [5.41, 5.74) is 0. The Labute approximate surface area is 231 Å². The van der Waals surface area contributed by atoms with Crippen LogP contribution in [-0.4, -0.2) is 0 Å². The maximum Gasteiger partial charge on any atom is 4.00 e. The molecule has 0 N–H and O–H groups in total. The Morgan fingerprint density at radius 3 is 0.258 bits per heavy atom. The maximum atomic E-state index is 2.12. The SMILES string of the molecule is C.C.C.C.C.C.CC.CC.CC.CC.CCC.CCC.CCC.CCC.[CH3-].[CH3-].[CH3-].[CH3-].[Pt+4]. The van der Waals surface area contributed by atoms with Gasteiger partial charge in [0.1, 0.15) is 0 Å². The van der Waals surface area contributed by atoms with Crippen molar-refractivity contribution in [3.63, 3.8) is 0 Å². The van der Waals surface area contributed by atoms with E-state index in [1.165, 1.54) is 25.7 Å². The van der Waals surface area contributed by atoms with E-state index in [4.69, 9.17) is 0 Å². The Bertz CT molecular complexity index is 14.4. The van der Waals surface area contributed by atoms with Gasteiger partial charge in [-0.05, 0) is 0 Å². The number of rotatable bonds is 0. The second kappa shape index (κ2) is 1230. The van der Waals surface area contributed by atoms with E-state index in [-0.39, 0.29) is 95.3 Å². The van der Waals surface area contributed by atoms with E-state index in [0.29, 0.717) is 0 Å². The summed E-state index contributed by atoms with van der Waals surface area (Å²) < 4.78 is 0. The summed E-state index contributed by atoms with van der Waals surface area (Å²) in [7, 11) is 0. The fraction of sp³-hybridized carbons (Fsp3) is 0.867. The monoisotopic (exact) mass is 648 g/mol. The van der Waals surface area contributed by atoms with Crippen molar-refractivity contribution in [1.29, 1.82) is 0 Å². The summed E-state index contributed by atoms with van der Waals surface area (Å²) >= 11 is 0. The van der Waals surface area contributed by atoms with Crippen LogP contribution < -0.4 is 0 Å². The van der Waals surface area contributed by atoms with Gasteiger partial charge in [-0.2, -0.15) is 0 Å². The molecule has 0 fully saturated rings. The van der Waals surface area contributed by atoms with Crippen molar-refractivity contribution < 1.29 is 21.1 Å². The van der Waals surface area contributed by atoms with Gasteiger partial charge in [-0.15, -0.1) is 0 Å². The van der Waals surface area contributed by atoms with E-state index in [2.05, 4.69) is 55.4 Å². The van der Waals surface area contributed by atoms with Gasteiger partial charge in [-0.3, -0.25) is 0 Å². The van der Waals surface area contributed by atoms with Gasteiger partial charge in [0.25, 0.3) is 0 Å². The molecular formula is C30H92Pt. The largest absolute Gasteiger partial charge is 4.00 e. The molecule has 0 aromatic rings. The van der Waals surface area contributed by atoms with E-state index < -0.39 is 0 Å². The average molecular weight is 648 g/mol. The van der Waals surface area contributed by atoms with E-state index in [9.17, 15) is 0 Å². The number of hydrogen-bond acceptors (Lipinski definition) is 0. The third-order valence-electron chi connectivity index (χ3n) is 0. The summed E-state index contributed by atoms with van der Waals surface area (Å²) in [6, 6.07) is 0. The summed E-state index contributed by atoms with van der Waals surface area (Å²) in [5.74, 6) is 0. The van der Waals surface area contributed by atoms with Crippen LogP contribution in [0.5, 0.6) is 0 Å². The average Bonchev–Trinajstić information content (AvgIpc) is 2.50. The topological polar surface area (TPSA) is 0 Å². The molecule has 0 aromatic heterocycles. The Hall–Kier alpha value is 0.688. The second-order valence-electron chi connectivity index (χ2n) is 2.83. The molecule has 0 atom stereocenters. The van der Waals surface area contributed by atoms with Gasteiger partial charge >= 0.3 is 21.1 Å². The molecule has 0 saturated carbocycles. The van der Waals surface area contributed by atoms with Crippen LogP contribution >= 0.6 is 0 Å². The van der Waals surface area contributed by atoms with E-state index in [1.54, 1.807) is 0 Å². The van der Waals surface area contributed by atoms with Gasteiger partial charge in [0.2, 0.25) is 0 Å². The zero-order valence-corrected chi connectivity index (χ0v) is 25.4. The first kappa shape index (κ1) is 185. The first-order valence-electron chi connectivity index (χ1n) is 9.66. The molecule has 31 heavy (non-hydrogen) atoms. The van der Waals surface area contributed by atoms with Crippen molar-refractivity contribution in [3.8, 4) is 0 Å². The van der Waals surface area contributed by atoms with Crippen LogP contribution in [0.15, 0.2) is 0 Å². The molecule has 0 nitrogen and oxygen atoms in total. The smallest absolute Gasteiger partial charge is 0.358 e. The predicted molar refractivity (Wildman–Crippen MR) is 175 cm³/mol. The summed E-state index contributed by atoms with van der Waals surface area (Å²) in [6.07, 6.45) is 5.00. The molecule has 0 heterocycles. The van der Waals surface area contributed by atoms with Crippen molar-refractivity contribution in [2.75, 3.05) is 0 Å². The Kier molecular flexibility index (Phi) is 7360. The summed E-state index contributed by atoms with van der Waals surface area (Å²) in [4.78, 5) is 0. The zero-order chi connectivity index (χ0) is 18.8. The van der Waals surface area contributed by atoms with E-state index in [1.807, 2.05) is 55.4 Å². The summed E-state index contributed by atoms with van der Waals surface area (Å²) in [5, 5.41) is 0. The quantitative estimate of drug-likeness (QED) is 0.230. The molecular weight excluding hydrogens is 555 g/mol. The third-order valence-corrected chi connectivity index (χ3v) is 0. The molecule has 0 amide bonds. The van der Waals surface area contributed by atoms with E-state index in [0.717, 1.165) is 0 Å². The van der Waals surface area contributed by atoms with Gasteiger partial charge < -0.3 is 29.7 Å². The molecule has 0 saturated heterocycles. The van der Waals surface area contributed by atoms with Gasteiger partial charge in [0.05, 0.1) is 0 Å². The Morgan fingerprint density at radius 2 is 0.258 bits per heavy atom. The molecule has 0 rings (SSSR count). The van der Waals surface area contributed by atoms with Crippen molar-refractivity contribution >= 4 is 0 Å². The molecule has 0 unspecified atom stereocenters. The molecule has 0 radical (unpaired) electrons. The molecule has 222 valence electrons. The van der Waals surface area contributed by atoms with Crippen molar-refractivity contribution in [2.24, 2.45) is 0 Å².